The van der Waals surface area contributed by atoms with Crippen LogP contribution in [0.3, 0.4) is 0 Å². The lowest BCUT2D eigenvalue weighted by atomic mass is 9.88. The molecule has 1 heterocycles. The first-order valence-corrected chi connectivity index (χ1v) is 14.4. The zero-order chi connectivity index (χ0) is 28.1. The van der Waals surface area contributed by atoms with Gasteiger partial charge in [0.25, 0.3) is 11.5 Å². The number of anilines is 1. The lowest BCUT2D eigenvalue weighted by Gasteiger charge is -2.22. The molecule has 0 radical (unpaired) electrons. The fourth-order valence-corrected chi connectivity index (χ4v) is 5.77. The molecule has 9 heteroatoms. The number of para-hydroxylation sites is 2. The first kappa shape index (κ1) is 27.8. The Morgan fingerprint density at radius 1 is 1.12 bits per heavy atom. The monoisotopic (exact) mass is 650 g/mol. The molecular formula is C31H31IN4O4. The molecule has 1 aliphatic rings. The third-order valence-electron chi connectivity index (χ3n) is 7.09. The normalized spacial score (nSPS) is 14.0. The summed E-state index contributed by atoms with van der Waals surface area (Å²) in [4.78, 5) is 30.9. The Hall–Kier alpha value is -3.73. The van der Waals surface area contributed by atoms with E-state index in [0.717, 1.165) is 46.1 Å². The van der Waals surface area contributed by atoms with Crippen LogP contribution in [0.2, 0.25) is 0 Å². The number of halogens is 1. The summed E-state index contributed by atoms with van der Waals surface area (Å²) in [5, 5.41) is 8.04. The Kier molecular flexibility index (Phi) is 8.78. The van der Waals surface area contributed by atoms with Crippen LogP contribution >= 0.6 is 22.6 Å². The largest absolute Gasteiger partial charge is 0.493 e. The van der Waals surface area contributed by atoms with Crippen LogP contribution in [0.4, 0.5) is 5.69 Å². The van der Waals surface area contributed by atoms with Crippen molar-refractivity contribution in [3.8, 4) is 11.5 Å². The number of rotatable bonds is 8. The maximum absolute atomic E-state index is 13.5. The van der Waals surface area contributed by atoms with Crippen LogP contribution in [0.1, 0.15) is 55.0 Å². The number of hydrogen-bond donors (Lipinski definition) is 1. The van der Waals surface area contributed by atoms with Gasteiger partial charge in [-0.3, -0.25) is 9.59 Å². The van der Waals surface area contributed by atoms with Gasteiger partial charge < -0.3 is 14.8 Å². The van der Waals surface area contributed by atoms with Gasteiger partial charge in [-0.25, -0.2) is 4.98 Å². The Bertz CT molecular complexity index is 1630. The fraction of sp³-hybridized carbons (Fsp3) is 0.290. The number of fused-ring (bicyclic) bond motifs is 1. The quantitative estimate of drug-likeness (QED) is 0.179. The lowest BCUT2D eigenvalue weighted by molar-refractivity contribution is -0.118. The van der Waals surface area contributed by atoms with E-state index in [-0.39, 0.29) is 24.0 Å². The molecule has 8 nitrogen and oxygen atoms in total. The molecule has 1 N–H and O–H groups in total. The van der Waals surface area contributed by atoms with Crippen molar-refractivity contribution in [2.45, 2.75) is 44.9 Å². The maximum atomic E-state index is 13.5. The second-order valence-electron chi connectivity index (χ2n) is 9.87. The Balaban J connectivity index is 1.40. The minimum absolute atomic E-state index is 0.170. The molecule has 1 amide bonds. The molecule has 5 rings (SSSR count). The van der Waals surface area contributed by atoms with Crippen molar-refractivity contribution in [1.29, 1.82) is 0 Å². The van der Waals surface area contributed by atoms with Crippen molar-refractivity contribution < 1.29 is 14.3 Å². The van der Waals surface area contributed by atoms with E-state index >= 15 is 0 Å². The molecule has 1 aliphatic carbocycles. The Morgan fingerprint density at radius 3 is 2.65 bits per heavy atom. The van der Waals surface area contributed by atoms with Crippen LogP contribution in [0.25, 0.3) is 10.9 Å². The van der Waals surface area contributed by atoms with Crippen LogP contribution in [-0.2, 0) is 4.79 Å². The standard InChI is InChI=1S/C31H31IN4O4/c1-20-10-6-8-14-25(20)34-28(37)19-40-29-24(32)16-21(17-27(29)39-2)18-33-36-30(22-11-4-3-5-12-22)35-26-15-9-7-13-23(26)31(36)38/h6-10,13-18,22H,3-5,11-12,19H2,1-2H3,(H,34,37). The minimum Gasteiger partial charge on any atom is -0.493 e. The molecule has 0 unspecified atom stereocenters. The lowest BCUT2D eigenvalue weighted by Crippen LogP contribution is -2.25. The van der Waals surface area contributed by atoms with Gasteiger partial charge in [-0.1, -0.05) is 49.6 Å². The number of hydrogen-bond acceptors (Lipinski definition) is 6. The summed E-state index contributed by atoms with van der Waals surface area (Å²) in [6.45, 7) is 1.76. The van der Waals surface area contributed by atoms with Gasteiger partial charge in [0.15, 0.2) is 18.1 Å². The average Bonchev–Trinajstić information content (AvgIpc) is 2.97. The van der Waals surface area contributed by atoms with Crippen molar-refractivity contribution in [2.24, 2.45) is 5.10 Å². The van der Waals surface area contributed by atoms with Gasteiger partial charge in [-0.2, -0.15) is 9.78 Å². The van der Waals surface area contributed by atoms with Gasteiger partial charge in [-0.05, 0) is 83.8 Å². The summed E-state index contributed by atoms with van der Waals surface area (Å²) < 4.78 is 13.7. The summed E-state index contributed by atoms with van der Waals surface area (Å²) in [6, 6.07) is 18.6. The number of nitrogens with one attached hydrogen (secondary N) is 1. The Morgan fingerprint density at radius 2 is 1.88 bits per heavy atom. The molecule has 0 saturated heterocycles. The maximum Gasteiger partial charge on any atom is 0.282 e. The second kappa shape index (κ2) is 12.6. The predicted molar refractivity (Wildman–Crippen MR) is 166 cm³/mol. The van der Waals surface area contributed by atoms with Crippen LogP contribution in [0.5, 0.6) is 11.5 Å². The van der Waals surface area contributed by atoms with Gasteiger partial charge in [0.1, 0.15) is 5.82 Å². The third-order valence-corrected chi connectivity index (χ3v) is 7.89. The molecule has 1 aromatic heterocycles. The predicted octanol–water partition coefficient (Wildman–Crippen LogP) is 6.27. The number of carbonyl (C=O) groups is 1. The number of benzene rings is 3. The highest BCUT2D eigenvalue weighted by Crippen LogP contribution is 2.34. The summed E-state index contributed by atoms with van der Waals surface area (Å²) in [7, 11) is 1.55. The molecule has 1 fully saturated rings. The summed E-state index contributed by atoms with van der Waals surface area (Å²) in [5.74, 6) is 1.57. The van der Waals surface area contributed by atoms with Gasteiger partial charge in [0.2, 0.25) is 0 Å². The van der Waals surface area contributed by atoms with Crippen LogP contribution < -0.4 is 20.3 Å². The van der Waals surface area contributed by atoms with E-state index in [4.69, 9.17) is 14.5 Å². The van der Waals surface area contributed by atoms with E-state index in [1.165, 1.54) is 11.1 Å². The van der Waals surface area contributed by atoms with E-state index in [1.54, 1.807) is 25.5 Å². The topological polar surface area (TPSA) is 94.8 Å². The molecule has 0 aliphatic heterocycles. The number of aromatic nitrogens is 2. The van der Waals surface area contributed by atoms with Crippen molar-refractivity contribution in [1.82, 2.24) is 9.66 Å². The average molecular weight is 651 g/mol. The molecule has 206 valence electrons. The highest BCUT2D eigenvalue weighted by atomic mass is 127. The number of aryl methyl sites for hydroxylation is 1. The number of ether oxygens (including phenoxy) is 2. The summed E-state index contributed by atoms with van der Waals surface area (Å²) >= 11 is 2.15. The van der Waals surface area contributed by atoms with Crippen LogP contribution in [0, 0.1) is 10.5 Å². The third kappa shape index (κ3) is 6.19. The molecular weight excluding hydrogens is 619 g/mol. The van der Waals surface area contributed by atoms with Crippen molar-refractivity contribution >= 4 is 51.3 Å². The molecule has 0 bridgehead atoms. The molecule has 1 saturated carbocycles. The van der Waals surface area contributed by atoms with E-state index in [1.807, 2.05) is 55.5 Å². The fourth-order valence-electron chi connectivity index (χ4n) is 4.99. The zero-order valence-electron chi connectivity index (χ0n) is 22.5. The molecule has 3 aromatic carbocycles. The minimum atomic E-state index is -0.267. The van der Waals surface area contributed by atoms with Crippen molar-refractivity contribution in [3.63, 3.8) is 0 Å². The van der Waals surface area contributed by atoms with Crippen LogP contribution in [0.15, 0.2) is 70.6 Å². The first-order valence-electron chi connectivity index (χ1n) is 13.4. The van der Waals surface area contributed by atoms with E-state index < -0.39 is 0 Å². The number of methoxy groups -OCH3 is 1. The van der Waals surface area contributed by atoms with E-state index in [9.17, 15) is 9.59 Å². The highest BCUT2D eigenvalue weighted by molar-refractivity contribution is 14.1. The number of amides is 1. The van der Waals surface area contributed by atoms with Crippen molar-refractivity contribution in [3.05, 3.63) is 91.5 Å². The first-order chi connectivity index (χ1) is 19.4. The second-order valence-corrected chi connectivity index (χ2v) is 11.0. The molecule has 0 atom stereocenters. The molecule has 4 aromatic rings. The highest BCUT2D eigenvalue weighted by Gasteiger charge is 2.22. The molecule has 0 spiro atoms. The smallest absolute Gasteiger partial charge is 0.282 e. The van der Waals surface area contributed by atoms with Gasteiger partial charge in [0.05, 0.1) is 27.8 Å². The number of carbonyl (C=O) groups excluding carboxylic acids is 1. The summed E-state index contributed by atoms with van der Waals surface area (Å²) in [5.41, 5.74) is 2.97. The van der Waals surface area contributed by atoms with Crippen molar-refractivity contribution in [2.75, 3.05) is 19.0 Å². The van der Waals surface area contributed by atoms with Gasteiger partial charge in [-0.15, -0.1) is 0 Å². The molecule has 40 heavy (non-hydrogen) atoms. The SMILES string of the molecule is COc1cc(C=Nn2c(C3CCCCC3)nc3ccccc3c2=O)cc(I)c1OCC(=O)Nc1ccccc1C. The Labute approximate surface area is 246 Å². The number of nitrogens with zero attached hydrogens (tertiary/aromatic N) is 3. The van der Waals surface area contributed by atoms with Gasteiger partial charge in [0, 0.05) is 11.6 Å². The van der Waals surface area contributed by atoms with E-state index in [2.05, 4.69) is 33.0 Å². The van der Waals surface area contributed by atoms with Crippen LogP contribution in [-0.4, -0.2) is 35.5 Å². The summed E-state index contributed by atoms with van der Waals surface area (Å²) in [6.07, 6.45) is 7.08. The zero-order valence-corrected chi connectivity index (χ0v) is 24.7. The van der Waals surface area contributed by atoms with E-state index in [0.29, 0.717) is 28.2 Å². The van der Waals surface area contributed by atoms with Gasteiger partial charge >= 0.3 is 0 Å².